The van der Waals surface area contributed by atoms with Gasteiger partial charge in [-0.1, -0.05) is 101 Å². The summed E-state index contributed by atoms with van der Waals surface area (Å²) in [7, 11) is 0. The summed E-state index contributed by atoms with van der Waals surface area (Å²) in [5, 5.41) is 8.92. The minimum absolute atomic E-state index is 0.209. The zero-order valence-electron chi connectivity index (χ0n) is 19.2. The van der Waals surface area contributed by atoms with E-state index < -0.39 is 17.2 Å². The predicted octanol–water partition coefficient (Wildman–Crippen LogP) is 4.84. The Labute approximate surface area is 198 Å². The van der Waals surface area contributed by atoms with Crippen LogP contribution in [0, 0.1) is 6.92 Å². The number of nitrogens with zero attached hydrogens (tertiary/aromatic N) is 2. The number of esters is 1. The van der Waals surface area contributed by atoms with Gasteiger partial charge in [0.15, 0.2) is 0 Å². The molecular formula is C28H26N2O4. The molecule has 2 heterocycles. The van der Waals surface area contributed by atoms with Gasteiger partial charge in [0.1, 0.15) is 5.71 Å². The van der Waals surface area contributed by atoms with Crippen molar-refractivity contribution < 1.29 is 19.2 Å². The van der Waals surface area contributed by atoms with Crippen LogP contribution in [0.2, 0.25) is 0 Å². The summed E-state index contributed by atoms with van der Waals surface area (Å²) in [6.45, 7) is 4.01. The second-order valence-corrected chi connectivity index (χ2v) is 8.61. The highest BCUT2D eigenvalue weighted by Crippen LogP contribution is 2.48. The van der Waals surface area contributed by atoms with E-state index in [1.165, 1.54) is 0 Å². The second kappa shape index (κ2) is 8.78. The molecule has 5 rings (SSSR count). The Kier molecular flexibility index (Phi) is 5.65. The van der Waals surface area contributed by atoms with E-state index >= 15 is 0 Å². The lowest BCUT2D eigenvalue weighted by atomic mass is 9.71. The number of ether oxygens (including phenoxy) is 1. The molecule has 2 atom stereocenters. The Morgan fingerprint density at radius 3 is 2.18 bits per heavy atom. The normalized spacial score (nSPS) is 23.1. The van der Waals surface area contributed by atoms with Gasteiger partial charge in [-0.05, 0) is 25.0 Å². The first kappa shape index (κ1) is 21.9. The van der Waals surface area contributed by atoms with E-state index in [1.807, 2.05) is 91.9 Å². The number of benzene rings is 3. The molecule has 0 fully saturated rings. The van der Waals surface area contributed by atoms with Crippen molar-refractivity contribution in [3.05, 3.63) is 107 Å². The van der Waals surface area contributed by atoms with Gasteiger partial charge in [0.05, 0.1) is 12.3 Å². The highest BCUT2D eigenvalue weighted by atomic mass is 16.7. The molecule has 2 aliphatic heterocycles. The molecule has 0 saturated carbocycles. The zero-order valence-corrected chi connectivity index (χ0v) is 19.2. The molecule has 0 N–H and O–H groups in total. The lowest BCUT2D eigenvalue weighted by molar-refractivity contribution is -0.194. The third-order valence-corrected chi connectivity index (χ3v) is 6.39. The molecule has 0 unspecified atom stereocenters. The number of oxime groups is 2. The van der Waals surface area contributed by atoms with Crippen LogP contribution in [-0.2, 0) is 25.6 Å². The quantitative estimate of drug-likeness (QED) is 0.500. The van der Waals surface area contributed by atoms with Crippen LogP contribution in [-0.4, -0.2) is 35.2 Å². The number of aryl methyl sites for hydroxylation is 1. The smallest absolute Gasteiger partial charge is 0.358 e. The van der Waals surface area contributed by atoms with Crippen molar-refractivity contribution in [2.24, 2.45) is 10.3 Å². The molecule has 6 heteroatoms. The summed E-state index contributed by atoms with van der Waals surface area (Å²) in [5.74, 6) is -0.519. The van der Waals surface area contributed by atoms with E-state index in [1.54, 1.807) is 6.92 Å². The SMILES string of the molecule is CCOC(=O)[C@]1(Cc2ccc(C)cc2)ON=C(c2ccccc2)[C@@]12CC(c1ccccc1)=NO2. The number of carbonyl (C=O) groups excluding carboxylic acids is 1. The monoisotopic (exact) mass is 454 g/mol. The first-order valence-corrected chi connectivity index (χ1v) is 11.4. The van der Waals surface area contributed by atoms with E-state index in [0.29, 0.717) is 12.1 Å². The molecule has 0 aliphatic carbocycles. The molecule has 2 aliphatic rings. The van der Waals surface area contributed by atoms with E-state index in [2.05, 4.69) is 10.3 Å². The lowest BCUT2D eigenvalue weighted by Gasteiger charge is -2.36. The summed E-state index contributed by atoms with van der Waals surface area (Å²) in [6.07, 6.45) is 0.541. The van der Waals surface area contributed by atoms with Crippen LogP contribution < -0.4 is 0 Å². The minimum Gasteiger partial charge on any atom is -0.463 e. The fraction of sp³-hybridized carbons (Fsp3) is 0.250. The number of carbonyl (C=O) groups is 1. The Morgan fingerprint density at radius 2 is 1.53 bits per heavy atom. The number of rotatable bonds is 6. The van der Waals surface area contributed by atoms with Crippen molar-refractivity contribution in [2.75, 3.05) is 6.61 Å². The molecule has 3 aromatic rings. The van der Waals surface area contributed by atoms with Crippen molar-refractivity contribution in [3.8, 4) is 0 Å². The lowest BCUT2D eigenvalue weighted by Crippen LogP contribution is -2.63. The van der Waals surface area contributed by atoms with Gasteiger partial charge in [-0.15, -0.1) is 0 Å². The van der Waals surface area contributed by atoms with Crippen LogP contribution in [0.3, 0.4) is 0 Å². The van der Waals surface area contributed by atoms with Crippen LogP contribution in [0.15, 0.2) is 95.2 Å². The first-order chi connectivity index (χ1) is 16.6. The molecule has 3 aromatic carbocycles. The molecular weight excluding hydrogens is 428 g/mol. The van der Waals surface area contributed by atoms with Crippen LogP contribution in [0.25, 0.3) is 0 Å². The highest BCUT2D eigenvalue weighted by Gasteiger charge is 2.72. The van der Waals surface area contributed by atoms with Crippen molar-refractivity contribution in [1.82, 2.24) is 0 Å². The predicted molar refractivity (Wildman–Crippen MR) is 130 cm³/mol. The molecule has 0 aromatic heterocycles. The molecule has 34 heavy (non-hydrogen) atoms. The van der Waals surface area contributed by atoms with Gasteiger partial charge in [0, 0.05) is 18.4 Å². The summed E-state index contributed by atoms with van der Waals surface area (Å²) < 4.78 is 5.57. The molecule has 0 radical (unpaired) electrons. The standard InChI is InChI=1S/C28H26N2O4/c1-3-32-26(31)28(18-21-16-14-20(2)15-17-21)27(25(30-34-28)23-12-8-5-9-13-23)19-24(29-33-27)22-10-6-4-7-11-22/h4-17H,3,18-19H2,1-2H3/t27-,28-/m0/s1. The van der Waals surface area contributed by atoms with E-state index in [-0.39, 0.29) is 13.0 Å². The molecule has 1 spiro atoms. The largest absolute Gasteiger partial charge is 0.463 e. The summed E-state index contributed by atoms with van der Waals surface area (Å²) in [6, 6.07) is 27.4. The first-order valence-electron chi connectivity index (χ1n) is 11.4. The molecule has 172 valence electrons. The van der Waals surface area contributed by atoms with Crippen LogP contribution >= 0.6 is 0 Å². The molecule has 6 nitrogen and oxygen atoms in total. The van der Waals surface area contributed by atoms with Crippen LogP contribution in [0.1, 0.15) is 35.6 Å². The van der Waals surface area contributed by atoms with E-state index in [4.69, 9.17) is 14.4 Å². The van der Waals surface area contributed by atoms with Gasteiger partial charge in [-0.2, -0.15) is 0 Å². The second-order valence-electron chi connectivity index (χ2n) is 8.61. The minimum atomic E-state index is -1.54. The topological polar surface area (TPSA) is 69.5 Å². The van der Waals surface area contributed by atoms with Crippen LogP contribution in [0.4, 0.5) is 0 Å². The molecule has 0 saturated heterocycles. The fourth-order valence-corrected chi connectivity index (χ4v) is 4.60. The molecule has 0 bridgehead atoms. The van der Waals surface area contributed by atoms with Gasteiger partial charge in [0.25, 0.3) is 5.60 Å². The Morgan fingerprint density at radius 1 is 0.882 bits per heavy atom. The average Bonchev–Trinajstić information content (AvgIpc) is 3.45. The van der Waals surface area contributed by atoms with Crippen molar-refractivity contribution in [1.29, 1.82) is 0 Å². The van der Waals surface area contributed by atoms with Gasteiger partial charge in [-0.25, -0.2) is 4.79 Å². The van der Waals surface area contributed by atoms with Gasteiger partial charge in [0.2, 0.25) is 5.60 Å². The van der Waals surface area contributed by atoms with Crippen molar-refractivity contribution in [3.63, 3.8) is 0 Å². The average molecular weight is 455 g/mol. The Bertz CT molecular complexity index is 1240. The van der Waals surface area contributed by atoms with Crippen LogP contribution in [0.5, 0.6) is 0 Å². The van der Waals surface area contributed by atoms with Crippen molar-refractivity contribution >= 4 is 17.4 Å². The summed E-state index contributed by atoms with van der Waals surface area (Å²) in [4.78, 5) is 26.0. The van der Waals surface area contributed by atoms with E-state index in [9.17, 15) is 4.79 Å². The molecule has 0 amide bonds. The third kappa shape index (κ3) is 3.55. The van der Waals surface area contributed by atoms with Gasteiger partial charge >= 0.3 is 5.97 Å². The Balaban J connectivity index is 1.64. The van der Waals surface area contributed by atoms with Gasteiger partial charge < -0.3 is 14.4 Å². The number of hydrogen-bond donors (Lipinski definition) is 0. The summed E-state index contributed by atoms with van der Waals surface area (Å²) in [5.41, 5.74) is 2.22. The van der Waals surface area contributed by atoms with Crippen molar-refractivity contribution in [2.45, 2.75) is 37.9 Å². The Hall–Kier alpha value is -3.93. The maximum absolute atomic E-state index is 13.7. The fourth-order valence-electron chi connectivity index (χ4n) is 4.60. The van der Waals surface area contributed by atoms with E-state index in [0.717, 1.165) is 28.0 Å². The number of hydrogen-bond acceptors (Lipinski definition) is 6. The van der Waals surface area contributed by atoms with Gasteiger partial charge in [-0.3, -0.25) is 0 Å². The maximum atomic E-state index is 13.7. The maximum Gasteiger partial charge on any atom is 0.358 e. The zero-order chi connectivity index (χ0) is 23.6. The highest BCUT2D eigenvalue weighted by molar-refractivity contribution is 6.16. The third-order valence-electron chi connectivity index (χ3n) is 6.39. The summed E-state index contributed by atoms with van der Waals surface area (Å²) >= 11 is 0.